The summed E-state index contributed by atoms with van der Waals surface area (Å²) < 4.78 is 0. The number of hydrogen-bond acceptors (Lipinski definition) is 7. The Labute approximate surface area is 184 Å². The summed E-state index contributed by atoms with van der Waals surface area (Å²) in [5, 5.41) is 23.8. The molecule has 0 spiro atoms. The zero-order valence-electron chi connectivity index (χ0n) is 17.7. The summed E-state index contributed by atoms with van der Waals surface area (Å²) in [5.41, 5.74) is 1.08. The fraction of sp³-hybridized carbons (Fsp3) is 0.364. The number of thiophene rings is 1. The van der Waals surface area contributed by atoms with E-state index in [1.54, 1.807) is 0 Å². The lowest BCUT2D eigenvalue weighted by atomic mass is 9.98. The second-order valence-electron chi connectivity index (χ2n) is 7.29. The molecule has 1 aromatic heterocycles. The second kappa shape index (κ2) is 9.40. The quantitative estimate of drug-likeness (QED) is 0.219. The predicted octanol–water partition coefficient (Wildman–Crippen LogP) is 3.73. The van der Waals surface area contributed by atoms with E-state index >= 15 is 0 Å². The van der Waals surface area contributed by atoms with Gasteiger partial charge in [0, 0.05) is 35.7 Å². The molecule has 1 atom stereocenters. The van der Waals surface area contributed by atoms with Crippen LogP contribution in [0.15, 0.2) is 41.3 Å². The molecule has 8 nitrogen and oxygen atoms in total. The zero-order chi connectivity index (χ0) is 22.7. The van der Waals surface area contributed by atoms with Gasteiger partial charge in [-0.3, -0.25) is 19.7 Å². The number of benzene rings is 1. The van der Waals surface area contributed by atoms with Gasteiger partial charge in [0.1, 0.15) is 5.76 Å². The molecule has 2 heterocycles. The number of Topliss-reactive ketones (excluding diaryl/α,β-unsaturated/α-hetero) is 1. The summed E-state index contributed by atoms with van der Waals surface area (Å²) >= 11 is 1.43. The van der Waals surface area contributed by atoms with Gasteiger partial charge in [0.15, 0.2) is 0 Å². The predicted molar refractivity (Wildman–Crippen MR) is 119 cm³/mol. The van der Waals surface area contributed by atoms with Gasteiger partial charge in [-0.25, -0.2) is 0 Å². The number of rotatable bonds is 8. The van der Waals surface area contributed by atoms with Crippen molar-refractivity contribution in [3.63, 3.8) is 0 Å². The third-order valence-electron chi connectivity index (χ3n) is 5.59. The highest BCUT2D eigenvalue weighted by atomic mass is 32.1. The summed E-state index contributed by atoms with van der Waals surface area (Å²) in [4.78, 5) is 40.8. The Morgan fingerprint density at radius 2 is 1.84 bits per heavy atom. The van der Waals surface area contributed by atoms with Crippen LogP contribution in [0.4, 0.5) is 5.69 Å². The van der Waals surface area contributed by atoms with Crippen LogP contribution in [0.2, 0.25) is 0 Å². The smallest absolute Gasteiger partial charge is 0.295 e. The Kier molecular flexibility index (Phi) is 6.87. The average Bonchev–Trinajstić information content (AvgIpc) is 3.29. The number of carbonyl (C=O) groups is 2. The van der Waals surface area contributed by atoms with Crippen LogP contribution in [0.25, 0.3) is 5.76 Å². The Hall–Kier alpha value is -3.04. The van der Waals surface area contributed by atoms with Gasteiger partial charge in [-0.1, -0.05) is 13.8 Å². The second-order valence-corrected chi connectivity index (χ2v) is 8.24. The van der Waals surface area contributed by atoms with Gasteiger partial charge < -0.3 is 14.9 Å². The number of likely N-dealkylation sites (tertiary alicyclic amines) is 1. The normalized spacial score (nSPS) is 18.2. The van der Waals surface area contributed by atoms with Crippen molar-refractivity contribution in [2.45, 2.75) is 26.8 Å². The van der Waals surface area contributed by atoms with Crippen molar-refractivity contribution in [1.82, 2.24) is 9.80 Å². The molecule has 0 bridgehead atoms. The van der Waals surface area contributed by atoms with Crippen molar-refractivity contribution in [3.05, 3.63) is 67.4 Å². The van der Waals surface area contributed by atoms with Gasteiger partial charge in [-0.15, -0.1) is 11.3 Å². The fourth-order valence-electron chi connectivity index (χ4n) is 3.73. The van der Waals surface area contributed by atoms with Crippen molar-refractivity contribution in [1.29, 1.82) is 0 Å². The molecule has 0 radical (unpaired) electrons. The van der Waals surface area contributed by atoms with Gasteiger partial charge >= 0.3 is 0 Å². The van der Waals surface area contributed by atoms with E-state index in [1.807, 2.05) is 32.2 Å². The lowest BCUT2D eigenvalue weighted by Gasteiger charge is -2.27. The molecule has 1 N–H and O–H groups in total. The van der Waals surface area contributed by atoms with Crippen molar-refractivity contribution in [2.75, 3.05) is 26.2 Å². The molecule has 1 saturated heterocycles. The number of aliphatic hydroxyl groups is 1. The van der Waals surface area contributed by atoms with E-state index in [-0.39, 0.29) is 22.6 Å². The largest absolute Gasteiger partial charge is 0.507 e. The van der Waals surface area contributed by atoms with E-state index in [9.17, 15) is 24.8 Å². The zero-order valence-corrected chi connectivity index (χ0v) is 18.5. The van der Waals surface area contributed by atoms with Gasteiger partial charge in [0.25, 0.3) is 17.4 Å². The molecule has 1 aliphatic rings. The van der Waals surface area contributed by atoms with Crippen molar-refractivity contribution in [2.24, 2.45) is 0 Å². The molecule has 1 fully saturated rings. The highest BCUT2D eigenvalue weighted by Crippen LogP contribution is 2.42. The van der Waals surface area contributed by atoms with Gasteiger partial charge in [-0.2, -0.15) is 0 Å². The van der Waals surface area contributed by atoms with Crippen LogP contribution in [0, 0.1) is 17.0 Å². The van der Waals surface area contributed by atoms with E-state index in [1.165, 1.54) is 40.5 Å². The first-order valence-electron chi connectivity index (χ1n) is 10.1. The molecule has 1 unspecified atom stereocenters. The van der Waals surface area contributed by atoms with E-state index in [0.29, 0.717) is 13.1 Å². The number of nitro groups is 1. The van der Waals surface area contributed by atoms with Gasteiger partial charge in [-0.05, 0) is 49.2 Å². The molecule has 9 heteroatoms. The Morgan fingerprint density at radius 3 is 2.35 bits per heavy atom. The third kappa shape index (κ3) is 4.38. The number of hydrogen-bond donors (Lipinski definition) is 1. The maximum Gasteiger partial charge on any atom is 0.295 e. The first-order chi connectivity index (χ1) is 14.8. The molecule has 2 aromatic rings. The average molecular weight is 444 g/mol. The number of non-ortho nitro benzene ring substituents is 1. The summed E-state index contributed by atoms with van der Waals surface area (Å²) in [5.74, 6) is -1.71. The van der Waals surface area contributed by atoms with Gasteiger partial charge in [0.05, 0.1) is 16.5 Å². The van der Waals surface area contributed by atoms with Crippen molar-refractivity contribution < 1.29 is 19.6 Å². The summed E-state index contributed by atoms with van der Waals surface area (Å²) in [6.07, 6.45) is 0. The SMILES string of the molecule is CCN(CC)CCN1C(=O)C(=O)/C(=C(\O)c2ccc([N+](=O)[O-])cc2)C1c1sccc1C. The topological polar surface area (TPSA) is 104 Å². The highest BCUT2D eigenvalue weighted by Gasteiger charge is 2.46. The minimum absolute atomic E-state index is 0.0175. The number of amides is 1. The minimum Gasteiger partial charge on any atom is -0.507 e. The Morgan fingerprint density at radius 1 is 1.19 bits per heavy atom. The molecule has 164 valence electrons. The lowest BCUT2D eigenvalue weighted by Crippen LogP contribution is -2.37. The number of nitro benzene ring substituents is 1. The van der Waals surface area contributed by atoms with Crippen LogP contribution in [0.3, 0.4) is 0 Å². The molecule has 31 heavy (non-hydrogen) atoms. The molecular formula is C22H25N3O5S. The lowest BCUT2D eigenvalue weighted by molar-refractivity contribution is -0.384. The van der Waals surface area contributed by atoms with E-state index in [4.69, 9.17) is 0 Å². The Balaban J connectivity index is 2.07. The summed E-state index contributed by atoms with van der Waals surface area (Å²) in [6, 6.07) is 6.51. The maximum atomic E-state index is 13.0. The first kappa shape index (κ1) is 22.6. The van der Waals surface area contributed by atoms with Crippen LogP contribution in [0.5, 0.6) is 0 Å². The van der Waals surface area contributed by atoms with Gasteiger partial charge in [0.2, 0.25) is 0 Å². The fourth-order valence-corrected chi connectivity index (χ4v) is 4.78. The molecule has 1 amide bonds. The molecule has 3 rings (SSSR count). The maximum absolute atomic E-state index is 13.0. The van der Waals surface area contributed by atoms with Crippen LogP contribution in [-0.2, 0) is 9.59 Å². The number of nitrogens with zero attached hydrogens (tertiary/aromatic N) is 3. The Bertz CT molecular complexity index is 1020. The first-order valence-corrected chi connectivity index (χ1v) is 11.0. The van der Waals surface area contributed by atoms with E-state index < -0.39 is 22.7 Å². The summed E-state index contributed by atoms with van der Waals surface area (Å²) in [7, 11) is 0. The molecule has 0 aliphatic carbocycles. The van der Waals surface area contributed by atoms with Crippen molar-refractivity contribution >= 4 is 34.5 Å². The summed E-state index contributed by atoms with van der Waals surface area (Å²) in [6.45, 7) is 8.59. The minimum atomic E-state index is -0.742. The number of aryl methyl sites for hydroxylation is 1. The third-order valence-corrected chi connectivity index (χ3v) is 6.66. The number of aliphatic hydroxyl groups excluding tert-OH is 1. The molecule has 0 saturated carbocycles. The van der Waals surface area contributed by atoms with Crippen LogP contribution in [-0.4, -0.2) is 57.7 Å². The number of likely N-dealkylation sites (N-methyl/N-ethyl adjacent to an activating group) is 1. The molecule has 1 aromatic carbocycles. The van der Waals surface area contributed by atoms with Crippen LogP contribution < -0.4 is 0 Å². The van der Waals surface area contributed by atoms with E-state index in [2.05, 4.69) is 4.90 Å². The highest BCUT2D eigenvalue weighted by molar-refractivity contribution is 7.10. The van der Waals surface area contributed by atoms with Crippen LogP contribution >= 0.6 is 11.3 Å². The number of carbonyl (C=O) groups excluding carboxylic acids is 2. The number of ketones is 1. The molecule has 1 aliphatic heterocycles. The standard InChI is InChI=1S/C22H25N3O5S/c1-4-23(5-2)11-12-24-18(21-14(3)10-13-31-21)17(20(27)22(24)28)19(26)15-6-8-16(9-7-15)25(29)30/h6-10,13,18,26H,4-5,11-12H2,1-3H3/b19-17-. The van der Waals surface area contributed by atoms with Crippen LogP contribution in [0.1, 0.15) is 35.9 Å². The van der Waals surface area contributed by atoms with E-state index in [0.717, 1.165) is 23.5 Å². The van der Waals surface area contributed by atoms with Crippen molar-refractivity contribution in [3.8, 4) is 0 Å². The monoisotopic (exact) mass is 443 g/mol. The molecular weight excluding hydrogens is 418 g/mol.